The number of primary amides is 1. The van der Waals surface area contributed by atoms with Crippen molar-refractivity contribution in [1.29, 1.82) is 0 Å². The third-order valence-electron chi connectivity index (χ3n) is 3.72. The molecule has 3 N–H and O–H groups in total. The van der Waals surface area contributed by atoms with Gasteiger partial charge in [-0.05, 0) is 48.5 Å². The molecule has 0 radical (unpaired) electrons. The molecule has 29 heavy (non-hydrogen) atoms. The Morgan fingerprint density at radius 1 is 1.07 bits per heavy atom. The normalized spacial score (nSPS) is 10.2. The first-order valence-electron chi connectivity index (χ1n) is 8.57. The van der Waals surface area contributed by atoms with Gasteiger partial charge < -0.3 is 25.3 Å². The van der Waals surface area contributed by atoms with Crippen LogP contribution in [0.15, 0.2) is 53.9 Å². The highest BCUT2D eigenvalue weighted by molar-refractivity contribution is 7.13. The molecule has 0 saturated heterocycles. The van der Waals surface area contributed by atoms with Gasteiger partial charge >= 0.3 is 5.97 Å². The summed E-state index contributed by atoms with van der Waals surface area (Å²) in [6.45, 7) is -0.167. The number of nitrogens with two attached hydrogens (primary N) is 1. The first-order chi connectivity index (χ1) is 14.0. The minimum atomic E-state index is -0.572. The molecule has 150 valence electrons. The topological polar surface area (TPSA) is 113 Å². The lowest BCUT2D eigenvalue weighted by Gasteiger charge is -2.06. The Balaban J connectivity index is 1.50. The van der Waals surface area contributed by atoms with E-state index in [2.05, 4.69) is 10.3 Å². The number of nitrogens with zero attached hydrogens (tertiary/aromatic N) is 1. The van der Waals surface area contributed by atoms with Gasteiger partial charge in [0.25, 0.3) is 5.91 Å². The van der Waals surface area contributed by atoms with E-state index in [-0.39, 0.29) is 13.2 Å². The van der Waals surface area contributed by atoms with Gasteiger partial charge in [0, 0.05) is 11.1 Å². The number of thiazole rings is 1. The molecule has 0 spiro atoms. The molecule has 0 bridgehead atoms. The van der Waals surface area contributed by atoms with Gasteiger partial charge in [-0.3, -0.25) is 4.79 Å². The van der Waals surface area contributed by atoms with Crippen molar-refractivity contribution in [3.05, 3.63) is 65.2 Å². The average molecular weight is 413 g/mol. The van der Waals surface area contributed by atoms with Crippen molar-refractivity contribution in [1.82, 2.24) is 4.98 Å². The van der Waals surface area contributed by atoms with Gasteiger partial charge in [0.2, 0.25) is 0 Å². The van der Waals surface area contributed by atoms with Crippen LogP contribution in [0.2, 0.25) is 0 Å². The fourth-order valence-electron chi connectivity index (χ4n) is 2.29. The summed E-state index contributed by atoms with van der Waals surface area (Å²) in [4.78, 5) is 27.3. The van der Waals surface area contributed by atoms with Gasteiger partial charge in [0.05, 0.1) is 18.4 Å². The summed E-state index contributed by atoms with van der Waals surface area (Å²) in [5.74, 6) is 0.158. The summed E-state index contributed by atoms with van der Waals surface area (Å²) >= 11 is 1.41. The van der Waals surface area contributed by atoms with E-state index in [0.717, 1.165) is 11.4 Å². The van der Waals surface area contributed by atoms with Crippen LogP contribution in [-0.2, 0) is 16.1 Å². The molecule has 0 fully saturated rings. The van der Waals surface area contributed by atoms with Crippen LogP contribution in [0.25, 0.3) is 0 Å². The van der Waals surface area contributed by atoms with Crippen molar-refractivity contribution in [2.24, 2.45) is 5.73 Å². The van der Waals surface area contributed by atoms with Crippen LogP contribution in [0.3, 0.4) is 0 Å². The molecular weight excluding hydrogens is 394 g/mol. The lowest BCUT2D eigenvalue weighted by Crippen LogP contribution is -2.20. The van der Waals surface area contributed by atoms with E-state index in [4.69, 9.17) is 19.9 Å². The van der Waals surface area contributed by atoms with Crippen molar-refractivity contribution in [2.45, 2.75) is 6.61 Å². The van der Waals surface area contributed by atoms with Crippen LogP contribution >= 0.6 is 11.3 Å². The minimum Gasteiger partial charge on any atom is -0.497 e. The number of esters is 1. The molecule has 0 saturated carbocycles. The molecule has 0 aliphatic heterocycles. The van der Waals surface area contributed by atoms with Crippen LogP contribution < -0.4 is 20.5 Å². The summed E-state index contributed by atoms with van der Waals surface area (Å²) < 4.78 is 15.6. The average Bonchev–Trinajstić information content (AvgIpc) is 3.18. The second-order valence-corrected chi connectivity index (χ2v) is 6.71. The van der Waals surface area contributed by atoms with E-state index >= 15 is 0 Å². The van der Waals surface area contributed by atoms with Gasteiger partial charge in [0.1, 0.15) is 18.1 Å². The van der Waals surface area contributed by atoms with Crippen LogP contribution in [0.4, 0.5) is 10.8 Å². The Bertz CT molecular complexity index is 971. The number of aromatic nitrogens is 1. The van der Waals surface area contributed by atoms with Gasteiger partial charge in [-0.25, -0.2) is 9.78 Å². The zero-order chi connectivity index (χ0) is 20.6. The van der Waals surface area contributed by atoms with Crippen molar-refractivity contribution < 1.29 is 23.8 Å². The van der Waals surface area contributed by atoms with Gasteiger partial charge in [0.15, 0.2) is 11.7 Å². The third kappa shape index (κ3) is 5.94. The molecular formula is C20H19N3O5S. The number of carbonyl (C=O) groups excluding carboxylic acids is 2. The highest BCUT2D eigenvalue weighted by atomic mass is 32.1. The number of amides is 1. The maximum absolute atomic E-state index is 12.2. The second kappa shape index (κ2) is 9.56. The van der Waals surface area contributed by atoms with E-state index in [9.17, 15) is 9.59 Å². The fraction of sp³-hybridized carbons (Fsp3) is 0.150. The summed E-state index contributed by atoms with van der Waals surface area (Å²) in [6.07, 6.45) is 0. The van der Waals surface area contributed by atoms with Crippen molar-refractivity contribution in [2.75, 3.05) is 19.0 Å². The highest BCUT2D eigenvalue weighted by Crippen LogP contribution is 2.23. The highest BCUT2D eigenvalue weighted by Gasteiger charge is 2.10. The number of methoxy groups -OCH3 is 1. The van der Waals surface area contributed by atoms with E-state index in [1.807, 2.05) is 29.6 Å². The van der Waals surface area contributed by atoms with Gasteiger partial charge in [-0.1, -0.05) is 0 Å². The molecule has 0 atom stereocenters. The Hall–Kier alpha value is -3.59. The van der Waals surface area contributed by atoms with Crippen LogP contribution in [0, 0.1) is 0 Å². The van der Waals surface area contributed by atoms with Crippen LogP contribution in [0.1, 0.15) is 16.1 Å². The molecule has 1 heterocycles. The smallest absolute Gasteiger partial charge is 0.338 e. The molecule has 9 heteroatoms. The van der Waals surface area contributed by atoms with E-state index < -0.39 is 11.9 Å². The van der Waals surface area contributed by atoms with Gasteiger partial charge in [-0.15, -0.1) is 11.3 Å². The Morgan fingerprint density at radius 3 is 2.41 bits per heavy atom. The summed E-state index contributed by atoms with van der Waals surface area (Å²) in [6, 6.07) is 13.7. The van der Waals surface area contributed by atoms with Crippen molar-refractivity contribution in [3.8, 4) is 11.5 Å². The number of carbonyl (C=O) groups is 2. The molecule has 8 nitrogen and oxygen atoms in total. The molecule has 3 aromatic rings. The predicted molar refractivity (Wildman–Crippen MR) is 109 cm³/mol. The number of rotatable bonds is 9. The number of benzene rings is 2. The molecule has 0 aliphatic carbocycles. The monoisotopic (exact) mass is 413 g/mol. The number of nitrogens with one attached hydrogen (secondary N) is 1. The van der Waals surface area contributed by atoms with Crippen molar-refractivity contribution >= 4 is 34.0 Å². The molecule has 2 aromatic carbocycles. The summed E-state index contributed by atoms with van der Waals surface area (Å²) in [7, 11) is 1.61. The lowest BCUT2D eigenvalue weighted by molar-refractivity contribution is -0.119. The zero-order valence-corrected chi connectivity index (χ0v) is 16.4. The van der Waals surface area contributed by atoms with E-state index in [0.29, 0.717) is 22.1 Å². The SMILES string of the molecule is COc1ccc(Nc2nc(COC(=O)c3ccc(OCC(N)=O)cc3)cs2)cc1. The predicted octanol–water partition coefficient (Wildman–Crippen LogP) is 3.12. The van der Waals surface area contributed by atoms with Crippen LogP contribution in [0.5, 0.6) is 11.5 Å². The first kappa shape index (κ1) is 20.2. The third-order valence-corrected chi connectivity index (χ3v) is 4.52. The number of ether oxygens (including phenoxy) is 3. The molecule has 0 unspecified atom stereocenters. The zero-order valence-electron chi connectivity index (χ0n) is 15.6. The Morgan fingerprint density at radius 2 is 1.76 bits per heavy atom. The Labute approximate surface area is 171 Å². The Kier molecular flexibility index (Phi) is 6.64. The minimum absolute atomic E-state index is 0.0551. The number of hydrogen-bond acceptors (Lipinski definition) is 8. The summed E-state index contributed by atoms with van der Waals surface area (Å²) in [5.41, 5.74) is 6.90. The van der Waals surface area contributed by atoms with Crippen molar-refractivity contribution in [3.63, 3.8) is 0 Å². The van der Waals surface area contributed by atoms with E-state index in [1.54, 1.807) is 31.4 Å². The lowest BCUT2D eigenvalue weighted by atomic mass is 10.2. The largest absolute Gasteiger partial charge is 0.497 e. The standard InChI is InChI=1S/C20H19N3O5S/c1-26-16-8-4-14(5-9-16)22-20-23-15(12-29-20)10-28-19(25)13-2-6-17(7-3-13)27-11-18(21)24/h2-9,12H,10-11H2,1H3,(H2,21,24)(H,22,23). The second-order valence-electron chi connectivity index (χ2n) is 5.85. The maximum atomic E-state index is 12.2. The summed E-state index contributed by atoms with van der Waals surface area (Å²) in [5, 5.41) is 5.70. The molecule has 0 aliphatic rings. The van der Waals surface area contributed by atoms with E-state index in [1.165, 1.54) is 11.3 Å². The number of hydrogen-bond donors (Lipinski definition) is 2. The molecule has 1 amide bonds. The van der Waals surface area contributed by atoms with Gasteiger partial charge in [-0.2, -0.15) is 0 Å². The first-order valence-corrected chi connectivity index (χ1v) is 9.45. The fourth-order valence-corrected chi connectivity index (χ4v) is 3.01. The number of anilines is 2. The maximum Gasteiger partial charge on any atom is 0.338 e. The molecule has 3 rings (SSSR count). The quantitative estimate of drug-likeness (QED) is 0.518. The molecule has 1 aromatic heterocycles. The van der Waals surface area contributed by atoms with Crippen LogP contribution in [-0.4, -0.2) is 30.6 Å².